The molecular formula is C56H107NO10. The van der Waals surface area contributed by atoms with Gasteiger partial charge in [0.25, 0.3) is 0 Å². The van der Waals surface area contributed by atoms with Crippen LogP contribution < -0.4 is 5.32 Å². The second-order valence-electron chi connectivity index (χ2n) is 20.0. The van der Waals surface area contributed by atoms with Gasteiger partial charge in [-0.1, -0.05) is 218 Å². The number of unbranched alkanes of at least 4 members (excludes halogenated alkanes) is 32. The quantitative estimate of drug-likeness (QED) is 0.0215. The molecule has 1 aliphatic heterocycles. The zero-order valence-electron chi connectivity index (χ0n) is 43.1. The van der Waals surface area contributed by atoms with Crippen molar-refractivity contribution in [1.29, 1.82) is 0 Å². The smallest absolute Gasteiger partial charge is 0.249 e. The number of nitrogens with one attached hydrogen (secondary N) is 1. The Kier molecular flexibility index (Phi) is 43.4. The maximum absolute atomic E-state index is 13.2. The lowest BCUT2D eigenvalue weighted by molar-refractivity contribution is -0.303. The lowest BCUT2D eigenvalue weighted by atomic mass is 9.98. The summed E-state index contributed by atoms with van der Waals surface area (Å²) in [5.74, 6) is -0.706. The first-order chi connectivity index (χ1) is 32.7. The molecule has 0 aromatic carbocycles. The summed E-state index contributed by atoms with van der Waals surface area (Å²) in [5, 5.41) is 76.0. The van der Waals surface area contributed by atoms with Gasteiger partial charge < -0.3 is 50.5 Å². The fourth-order valence-electron chi connectivity index (χ4n) is 9.08. The average molecular weight is 954 g/mol. The molecule has 0 aromatic rings. The molecule has 0 aliphatic carbocycles. The van der Waals surface area contributed by atoms with Crippen LogP contribution in [0.25, 0.3) is 0 Å². The number of carbonyl (C=O) groups excluding carboxylic acids is 1. The van der Waals surface area contributed by atoms with E-state index in [9.17, 15) is 40.5 Å². The van der Waals surface area contributed by atoms with Crippen molar-refractivity contribution in [3.63, 3.8) is 0 Å². The molecule has 0 bridgehead atoms. The van der Waals surface area contributed by atoms with E-state index in [4.69, 9.17) is 9.47 Å². The molecule has 0 spiro atoms. The molecule has 1 amide bonds. The molecule has 8 N–H and O–H groups in total. The van der Waals surface area contributed by atoms with Crippen molar-refractivity contribution in [3.05, 3.63) is 24.3 Å². The van der Waals surface area contributed by atoms with E-state index in [2.05, 4.69) is 43.5 Å². The molecule has 396 valence electrons. The van der Waals surface area contributed by atoms with Crippen molar-refractivity contribution in [2.75, 3.05) is 13.2 Å². The fourth-order valence-corrected chi connectivity index (χ4v) is 9.08. The van der Waals surface area contributed by atoms with E-state index in [-0.39, 0.29) is 12.8 Å². The van der Waals surface area contributed by atoms with Crippen LogP contribution in [0.4, 0.5) is 0 Å². The maximum atomic E-state index is 13.2. The molecule has 9 unspecified atom stereocenters. The molecule has 9 atom stereocenters. The first-order valence-corrected chi connectivity index (χ1v) is 28.2. The van der Waals surface area contributed by atoms with Gasteiger partial charge in [0, 0.05) is 0 Å². The summed E-state index contributed by atoms with van der Waals surface area (Å²) in [7, 11) is 0. The second kappa shape index (κ2) is 45.7. The molecular weight excluding hydrogens is 847 g/mol. The van der Waals surface area contributed by atoms with Gasteiger partial charge in [-0.15, -0.1) is 0 Å². The van der Waals surface area contributed by atoms with Crippen molar-refractivity contribution in [3.8, 4) is 0 Å². The number of aliphatic hydroxyl groups is 7. The summed E-state index contributed by atoms with van der Waals surface area (Å²) in [5.41, 5.74) is 0. The fraction of sp³-hybridized carbons (Fsp3) is 0.911. The minimum atomic E-state index is -1.67. The molecule has 1 rings (SSSR count). The highest BCUT2D eigenvalue weighted by atomic mass is 16.7. The third-order valence-corrected chi connectivity index (χ3v) is 13.7. The Labute approximate surface area is 410 Å². The number of hydrogen-bond donors (Lipinski definition) is 8. The molecule has 11 nitrogen and oxygen atoms in total. The summed E-state index contributed by atoms with van der Waals surface area (Å²) >= 11 is 0. The van der Waals surface area contributed by atoms with E-state index in [0.29, 0.717) is 12.8 Å². The van der Waals surface area contributed by atoms with Crippen molar-refractivity contribution in [1.82, 2.24) is 5.32 Å². The largest absolute Gasteiger partial charge is 0.394 e. The predicted molar refractivity (Wildman–Crippen MR) is 275 cm³/mol. The Morgan fingerprint density at radius 1 is 0.507 bits per heavy atom. The highest BCUT2D eigenvalue weighted by Crippen LogP contribution is 2.23. The third-order valence-electron chi connectivity index (χ3n) is 13.7. The van der Waals surface area contributed by atoms with Gasteiger partial charge in [0.15, 0.2) is 6.29 Å². The Bertz CT molecular complexity index is 1140. The Morgan fingerprint density at radius 2 is 0.881 bits per heavy atom. The summed E-state index contributed by atoms with van der Waals surface area (Å²) in [6.45, 7) is 3.45. The van der Waals surface area contributed by atoms with Crippen molar-refractivity contribution < 1.29 is 50.0 Å². The Balaban J connectivity index is 2.31. The monoisotopic (exact) mass is 954 g/mol. The van der Waals surface area contributed by atoms with E-state index < -0.39 is 74.2 Å². The topological polar surface area (TPSA) is 189 Å². The standard InChI is InChI=1S/C56H107NO10/c1-3-5-7-9-11-13-15-17-19-20-21-22-23-24-25-26-27-28-30-32-34-36-38-40-42-44-49(60)55(65)57-47(46-66-56-54(64)53(63)52(62)50(45-58)67-56)51(61)48(59)43-41-39-37-35-33-31-29-18-16-14-12-10-8-6-4-2/h24-25,35,37,47-54,56,58-64H,3-23,26-34,36,38-46H2,1-2H3,(H,57,65)/b25-24-,37-35+. The lowest BCUT2D eigenvalue weighted by Gasteiger charge is -2.40. The first-order valence-electron chi connectivity index (χ1n) is 28.2. The van der Waals surface area contributed by atoms with Crippen LogP contribution in [0.15, 0.2) is 24.3 Å². The molecule has 1 aliphatic rings. The summed E-state index contributed by atoms with van der Waals surface area (Å²) in [6, 6.07) is -1.18. The molecule has 0 aromatic heterocycles. The molecule has 1 fully saturated rings. The van der Waals surface area contributed by atoms with Crippen LogP contribution in [0.5, 0.6) is 0 Å². The van der Waals surface area contributed by atoms with Crippen molar-refractivity contribution in [2.24, 2.45) is 0 Å². The van der Waals surface area contributed by atoms with E-state index in [0.717, 1.165) is 38.5 Å². The number of ether oxygens (including phenoxy) is 2. The van der Waals surface area contributed by atoms with E-state index >= 15 is 0 Å². The molecule has 0 radical (unpaired) electrons. The van der Waals surface area contributed by atoms with E-state index in [1.165, 1.54) is 180 Å². The van der Waals surface area contributed by atoms with Gasteiger partial charge in [-0.2, -0.15) is 0 Å². The van der Waals surface area contributed by atoms with Crippen LogP contribution in [0, 0.1) is 0 Å². The number of allylic oxidation sites excluding steroid dienone is 4. The second-order valence-corrected chi connectivity index (χ2v) is 20.0. The van der Waals surface area contributed by atoms with Gasteiger partial charge in [-0.3, -0.25) is 4.79 Å². The zero-order valence-corrected chi connectivity index (χ0v) is 43.1. The number of carbonyl (C=O) groups is 1. The Hall–Kier alpha value is -1.41. The van der Waals surface area contributed by atoms with Crippen molar-refractivity contribution >= 4 is 5.91 Å². The molecule has 11 heteroatoms. The minimum Gasteiger partial charge on any atom is -0.394 e. The normalized spacial score (nSPS) is 20.8. The minimum absolute atomic E-state index is 0.253. The maximum Gasteiger partial charge on any atom is 0.249 e. The molecule has 1 saturated heterocycles. The van der Waals surface area contributed by atoms with Gasteiger partial charge >= 0.3 is 0 Å². The average Bonchev–Trinajstić information content (AvgIpc) is 3.33. The lowest BCUT2D eigenvalue weighted by Crippen LogP contribution is -2.60. The van der Waals surface area contributed by atoms with Crippen LogP contribution in [-0.2, 0) is 14.3 Å². The van der Waals surface area contributed by atoms with Gasteiger partial charge in [-0.05, 0) is 64.2 Å². The number of rotatable bonds is 48. The third kappa shape index (κ3) is 34.5. The van der Waals surface area contributed by atoms with Gasteiger partial charge in [-0.25, -0.2) is 0 Å². The summed E-state index contributed by atoms with van der Waals surface area (Å²) in [6.07, 6.45) is 42.4. The van der Waals surface area contributed by atoms with Crippen molar-refractivity contribution in [2.45, 2.75) is 313 Å². The predicted octanol–water partition coefficient (Wildman–Crippen LogP) is 11.3. The van der Waals surface area contributed by atoms with Gasteiger partial charge in [0.2, 0.25) is 5.91 Å². The van der Waals surface area contributed by atoms with Crippen LogP contribution in [-0.4, -0.2) is 110 Å². The van der Waals surface area contributed by atoms with Gasteiger partial charge in [0.1, 0.15) is 36.6 Å². The van der Waals surface area contributed by atoms with E-state index in [1.54, 1.807) is 0 Å². The first kappa shape index (κ1) is 63.6. The van der Waals surface area contributed by atoms with Crippen LogP contribution in [0.2, 0.25) is 0 Å². The SMILES string of the molecule is CCCCCCCCCCCC/C=C/CCCC(O)C(O)C(COC1OC(CO)C(O)C(O)C1O)NC(=O)C(O)CCCCCCCCCCC/C=C\CCCCCCCCCCCCCC. The Morgan fingerprint density at radius 3 is 1.28 bits per heavy atom. The highest BCUT2D eigenvalue weighted by Gasteiger charge is 2.44. The summed E-state index contributed by atoms with van der Waals surface area (Å²) in [4.78, 5) is 13.2. The van der Waals surface area contributed by atoms with E-state index in [1.807, 2.05) is 0 Å². The van der Waals surface area contributed by atoms with Crippen LogP contribution >= 0.6 is 0 Å². The van der Waals surface area contributed by atoms with Crippen LogP contribution in [0.3, 0.4) is 0 Å². The zero-order chi connectivity index (χ0) is 49.0. The molecule has 1 heterocycles. The number of aliphatic hydroxyl groups excluding tert-OH is 7. The molecule has 67 heavy (non-hydrogen) atoms. The molecule has 0 saturated carbocycles. The highest BCUT2D eigenvalue weighted by molar-refractivity contribution is 5.80. The number of hydrogen-bond acceptors (Lipinski definition) is 10. The summed E-state index contributed by atoms with van der Waals surface area (Å²) < 4.78 is 11.1. The van der Waals surface area contributed by atoms with Gasteiger partial charge in [0.05, 0.1) is 25.4 Å². The number of amides is 1. The van der Waals surface area contributed by atoms with Crippen LogP contribution in [0.1, 0.15) is 258 Å².